The maximum Gasteiger partial charge on any atom is 0.312 e. The topological polar surface area (TPSA) is 96.4 Å². The minimum Gasteiger partial charge on any atom is -0.465 e. The number of halogens is 1. The second kappa shape index (κ2) is 14.1. The van der Waals surface area contributed by atoms with Gasteiger partial charge in [0.05, 0.1) is 41.5 Å². The number of aryl methyl sites for hydroxylation is 1. The Hall–Kier alpha value is -3.46. The van der Waals surface area contributed by atoms with Crippen LogP contribution in [-0.2, 0) is 30.3 Å². The molecule has 3 fully saturated rings. The number of aliphatic hydroxyl groups is 1. The Morgan fingerprint density at radius 3 is 2.57 bits per heavy atom. The summed E-state index contributed by atoms with van der Waals surface area (Å²) in [5.74, 6) is -3.03. The van der Waals surface area contributed by atoms with Gasteiger partial charge in [0.25, 0.3) is 5.91 Å². The number of benzene rings is 2. The van der Waals surface area contributed by atoms with Crippen molar-refractivity contribution in [2.24, 2.45) is 11.8 Å². The molecule has 0 aliphatic carbocycles. The summed E-state index contributed by atoms with van der Waals surface area (Å²) >= 11 is 6.70. The number of aliphatic hydroxyl groups excluding tert-OH is 1. The number of hydrogen-bond donors (Lipinski definition) is 1. The lowest BCUT2D eigenvalue weighted by Gasteiger charge is -2.40. The van der Waals surface area contributed by atoms with Crippen molar-refractivity contribution in [3.8, 4) is 0 Å². The van der Waals surface area contributed by atoms with Gasteiger partial charge in [-0.15, -0.1) is 13.2 Å². The van der Waals surface area contributed by atoms with E-state index in [2.05, 4.69) is 13.2 Å². The van der Waals surface area contributed by atoms with Crippen molar-refractivity contribution in [3.63, 3.8) is 0 Å². The predicted octanol–water partition coefficient (Wildman–Crippen LogP) is 5.83. The van der Waals surface area contributed by atoms with Crippen LogP contribution < -0.4 is 4.90 Å². The second-order valence-electron chi connectivity index (χ2n) is 12.7. The number of ether oxygens (including phenoxy) is 2. The maximum atomic E-state index is 15.1. The number of nitrogens with zero attached hydrogens (tertiary/aromatic N) is 2. The monoisotopic (exact) mass is 648 g/mol. The van der Waals surface area contributed by atoms with Crippen LogP contribution in [0.3, 0.4) is 0 Å². The van der Waals surface area contributed by atoms with Crippen molar-refractivity contribution in [1.82, 2.24) is 4.90 Å². The smallest absolute Gasteiger partial charge is 0.312 e. The highest BCUT2D eigenvalue weighted by atomic mass is 35.5. The van der Waals surface area contributed by atoms with E-state index in [1.165, 1.54) is 4.90 Å². The summed E-state index contributed by atoms with van der Waals surface area (Å²) in [6.45, 7) is 11.5. The standard InChI is InChI=1S/C37H45ClN2O6/c1-5-8-9-13-22-45-35(44)30-29-33(42)40(27(24-41)23-26-16-11-10-12-17-26)32(37(29)20-19-36(30,7-3)46-37)34(43)39(21-6-2)31-25(4)15-14-18-28(31)38/h5-6,10-12,14-18,27,29-30,32,41H,1-2,7-9,13,19-24H2,3-4H3/t27-,29+,30-,32?,36+,37?/m1/s1. The molecule has 2 aromatic carbocycles. The van der Waals surface area contributed by atoms with Crippen LogP contribution in [-0.4, -0.2) is 70.8 Å². The fourth-order valence-electron chi connectivity index (χ4n) is 8.01. The van der Waals surface area contributed by atoms with E-state index in [0.29, 0.717) is 42.8 Å². The molecule has 6 atom stereocenters. The van der Waals surface area contributed by atoms with Gasteiger partial charge in [-0.25, -0.2) is 0 Å². The van der Waals surface area contributed by atoms with E-state index in [1.807, 2.05) is 62.4 Å². The van der Waals surface area contributed by atoms with Gasteiger partial charge in [-0.05, 0) is 69.1 Å². The summed E-state index contributed by atoms with van der Waals surface area (Å²) in [5, 5.41) is 11.2. The number of likely N-dealkylation sites (tertiary alicyclic amines) is 1. The van der Waals surface area contributed by atoms with Gasteiger partial charge < -0.3 is 24.4 Å². The number of carbonyl (C=O) groups is 3. The van der Waals surface area contributed by atoms with Crippen molar-refractivity contribution in [1.29, 1.82) is 0 Å². The van der Waals surface area contributed by atoms with Crippen molar-refractivity contribution in [3.05, 3.63) is 90.0 Å². The molecule has 0 radical (unpaired) electrons. The molecule has 46 heavy (non-hydrogen) atoms. The normalized spacial score (nSPS) is 26.9. The van der Waals surface area contributed by atoms with Crippen LogP contribution in [0.2, 0.25) is 5.02 Å². The molecule has 0 aromatic heterocycles. The number of anilines is 1. The molecule has 2 aromatic rings. The zero-order chi connectivity index (χ0) is 33.1. The Balaban J connectivity index is 1.60. The fourth-order valence-corrected chi connectivity index (χ4v) is 8.33. The maximum absolute atomic E-state index is 15.1. The fraction of sp³-hybridized carbons (Fsp3) is 0.486. The van der Waals surface area contributed by atoms with Crippen molar-refractivity contribution < 1.29 is 29.0 Å². The Labute approximate surface area is 277 Å². The number of rotatable bonds is 15. The summed E-state index contributed by atoms with van der Waals surface area (Å²) in [4.78, 5) is 46.9. The zero-order valence-electron chi connectivity index (χ0n) is 26.8. The number of amides is 2. The third kappa shape index (κ3) is 5.80. The minimum atomic E-state index is -1.28. The van der Waals surface area contributed by atoms with Crippen molar-refractivity contribution in [2.45, 2.75) is 82.1 Å². The molecule has 3 saturated heterocycles. The molecular formula is C37H45ClN2O6. The molecule has 0 saturated carbocycles. The van der Waals surface area contributed by atoms with Gasteiger partial charge in [0.2, 0.25) is 5.91 Å². The third-order valence-corrected chi connectivity index (χ3v) is 10.4. The van der Waals surface area contributed by atoms with Crippen molar-refractivity contribution >= 4 is 35.1 Å². The molecule has 2 unspecified atom stereocenters. The first-order valence-electron chi connectivity index (χ1n) is 16.3. The van der Waals surface area contributed by atoms with E-state index >= 15 is 4.79 Å². The lowest BCUT2D eigenvalue weighted by molar-refractivity contribution is -0.162. The van der Waals surface area contributed by atoms with Crippen LogP contribution in [0.25, 0.3) is 0 Å². The van der Waals surface area contributed by atoms with Crippen LogP contribution >= 0.6 is 11.6 Å². The molecule has 246 valence electrons. The number of para-hydroxylation sites is 1. The van der Waals surface area contributed by atoms with E-state index in [-0.39, 0.29) is 31.6 Å². The first-order chi connectivity index (χ1) is 22.2. The van der Waals surface area contributed by atoms with Crippen LogP contribution in [0, 0.1) is 18.8 Å². The predicted molar refractivity (Wildman–Crippen MR) is 178 cm³/mol. The lowest BCUT2D eigenvalue weighted by atomic mass is 9.65. The Kier molecular flexibility index (Phi) is 10.4. The molecule has 9 heteroatoms. The van der Waals surface area contributed by atoms with E-state index in [1.54, 1.807) is 17.0 Å². The van der Waals surface area contributed by atoms with Crippen LogP contribution in [0.1, 0.15) is 56.6 Å². The summed E-state index contributed by atoms with van der Waals surface area (Å²) < 4.78 is 12.7. The van der Waals surface area contributed by atoms with Gasteiger partial charge >= 0.3 is 5.97 Å². The number of carbonyl (C=O) groups excluding carboxylic acids is 3. The molecule has 1 spiro atoms. The SMILES string of the molecule is C=CCCCCOC(=O)[C@H]1[C@H]2C(=O)N([C@@H](CO)Cc3ccccc3)C(C(=O)N(CC=C)c3c(C)cccc3Cl)C23CC[C@]1(CC)O3. The van der Waals surface area contributed by atoms with Gasteiger partial charge in [-0.3, -0.25) is 14.4 Å². The second-order valence-corrected chi connectivity index (χ2v) is 13.1. The molecular weight excluding hydrogens is 604 g/mol. The van der Waals surface area contributed by atoms with E-state index in [0.717, 1.165) is 24.0 Å². The van der Waals surface area contributed by atoms with E-state index in [4.69, 9.17) is 21.1 Å². The van der Waals surface area contributed by atoms with Crippen LogP contribution in [0.4, 0.5) is 5.69 Å². The molecule has 3 heterocycles. The average molecular weight is 649 g/mol. The molecule has 3 aliphatic rings. The highest BCUT2D eigenvalue weighted by Crippen LogP contribution is 2.65. The number of hydrogen-bond acceptors (Lipinski definition) is 6. The molecule has 3 aliphatic heterocycles. The first kappa shape index (κ1) is 33.9. The molecule has 5 rings (SSSR count). The van der Waals surface area contributed by atoms with E-state index < -0.39 is 41.1 Å². The third-order valence-electron chi connectivity index (χ3n) is 10.1. The summed E-state index contributed by atoms with van der Waals surface area (Å²) in [7, 11) is 0. The molecule has 1 N–H and O–H groups in total. The number of unbranched alkanes of at least 4 members (excludes halogenated alkanes) is 2. The largest absolute Gasteiger partial charge is 0.465 e. The Morgan fingerprint density at radius 2 is 1.91 bits per heavy atom. The number of esters is 1. The van der Waals surface area contributed by atoms with Crippen LogP contribution in [0.15, 0.2) is 73.8 Å². The summed E-state index contributed by atoms with van der Waals surface area (Å²) in [6.07, 6.45) is 7.53. The van der Waals surface area contributed by atoms with Gasteiger partial charge in [-0.1, -0.05) is 73.1 Å². The summed E-state index contributed by atoms with van der Waals surface area (Å²) in [6, 6.07) is 13.1. The zero-order valence-corrected chi connectivity index (χ0v) is 27.6. The molecule has 2 amide bonds. The van der Waals surface area contributed by atoms with Gasteiger partial charge in [0.15, 0.2) is 0 Å². The molecule has 2 bridgehead atoms. The van der Waals surface area contributed by atoms with Gasteiger partial charge in [-0.2, -0.15) is 0 Å². The average Bonchev–Trinajstić information content (AvgIpc) is 3.66. The first-order valence-corrected chi connectivity index (χ1v) is 16.7. The minimum absolute atomic E-state index is 0.139. The van der Waals surface area contributed by atoms with Crippen molar-refractivity contribution in [2.75, 3.05) is 24.7 Å². The molecule has 8 nitrogen and oxygen atoms in total. The highest BCUT2D eigenvalue weighted by molar-refractivity contribution is 6.34. The van der Waals surface area contributed by atoms with E-state index in [9.17, 15) is 14.7 Å². The van der Waals surface area contributed by atoms with Gasteiger partial charge in [0, 0.05) is 6.54 Å². The Bertz CT molecular complexity index is 1440. The quantitative estimate of drug-likeness (QED) is 0.148. The summed E-state index contributed by atoms with van der Waals surface area (Å²) in [5.41, 5.74) is 0.00932. The number of allylic oxidation sites excluding steroid dienone is 1. The number of fused-ring (bicyclic) bond motifs is 1. The van der Waals surface area contributed by atoms with Gasteiger partial charge in [0.1, 0.15) is 17.6 Å². The van der Waals surface area contributed by atoms with Crippen LogP contribution in [0.5, 0.6) is 0 Å². The lowest BCUT2D eigenvalue weighted by Crippen LogP contribution is -2.59. The Morgan fingerprint density at radius 1 is 1.15 bits per heavy atom. The highest BCUT2D eigenvalue weighted by Gasteiger charge is 2.79.